The quantitative estimate of drug-likeness (QED) is 0.481. The number of sulfonamides is 1. The van der Waals surface area contributed by atoms with Crippen LogP contribution in [0.4, 0.5) is 0 Å². The van der Waals surface area contributed by atoms with E-state index in [1.807, 2.05) is 10.9 Å². The molecule has 1 aliphatic carbocycles. The van der Waals surface area contributed by atoms with E-state index < -0.39 is 16.1 Å². The van der Waals surface area contributed by atoms with Gasteiger partial charge in [-0.3, -0.25) is 4.79 Å². The van der Waals surface area contributed by atoms with Crippen molar-refractivity contribution in [1.82, 2.24) is 29.9 Å². The van der Waals surface area contributed by atoms with Crippen LogP contribution in [0.5, 0.6) is 0 Å². The summed E-state index contributed by atoms with van der Waals surface area (Å²) in [5, 5.41) is 15.1. The van der Waals surface area contributed by atoms with E-state index in [0.29, 0.717) is 5.69 Å². The number of carbonyl (C=O) groups excluding carboxylic acids is 1. The smallest absolute Gasteiger partial charge is 0.243 e. The van der Waals surface area contributed by atoms with Gasteiger partial charge >= 0.3 is 0 Å². The highest BCUT2D eigenvalue weighted by molar-refractivity contribution is 7.89. The Balaban J connectivity index is 1.35. The monoisotopic (exact) mass is 536 g/mol. The van der Waals surface area contributed by atoms with E-state index in [1.54, 1.807) is 30.3 Å². The first kappa shape index (κ1) is 26.5. The Bertz CT molecular complexity index is 1400. The van der Waals surface area contributed by atoms with Gasteiger partial charge in [0.25, 0.3) is 0 Å². The van der Waals surface area contributed by atoms with Crippen LogP contribution in [0.1, 0.15) is 62.0 Å². The molecule has 3 aromatic rings. The Kier molecular flexibility index (Phi) is 7.39. The first-order chi connectivity index (χ1) is 18.1. The maximum Gasteiger partial charge on any atom is 0.243 e. The number of nitrogens with zero attached hydrogens (tertiary/aromatic N) is 4. The number of benzene rings is 2. The summed E-state index contributed by atoms with van der Waals surface area (Å²) in [6.45, 7) is 7.80. The third kappa shape index (κ3) is 5.67. The summed E-state index contributed by atoms with van der Waals surface area (Å²) in [6, 6.07) is 14.1. The minimum atomic E-state index is -3.82. The van der Waals surface area contributed by atoms with E-state index in [4.69, 9.17) is 0 Å². The van der Waals surface area contributed by atoms with Gasteiger partial charge in [-0.05, 0) is 68.9 Å². The molecule has 0 saturated carbocycles. The van der Waals surface area contributed by atoms with Crippen LogP contribution in [-0.2, 0) is 34.2 Å². The number of piperazine rings is 1. The number of aryl methyl sites for hydroxylation is 1. The molecule has 5 rings (SSSR count). The summed E-state index contributed by atoms with van der Waals surface area (Å²) in [7, 11) is -3.82. The normalized spacial score (nSPS) is 20.7. The van der Waals surface area contributed by atoms with Gasteiger partial charge in [-0.15, -0.1) is 5.10 Å². The molecule has 2 atom stereocenters. The highest BCUT2D eigenvalue weighted by atomic mass is 32.2. The van der Waals surface area contributed by atoms with E-state index in [9.17, 15) is 13.2 Å². The Morgan fingerprint density at radius 1 is 1.13 bits per heavy atom. The Hall–Kier alpha value is -3.08. The topological polar surface area (TPSA) is 109 Å². The second-order valence-electron chi connectivity index (χ2n) is 11.2. The van der Waals surface area contributed by atoms with Crippen LogP contribution in [0.15, 0.2) is 59.6 Å². The zero-order chi connectivity index (χ0) is 26.9. The molecule has 10 heteroatoms. The Labute approximate surface area is 224 Å². The molecule has 1 aliphatic heterocycles. The van der Waals surface area contributed by atoms with Crippen molar-refractivity contribution in [3.05, 3.63) is 77.1 Å². The van der Waals surface area contributed by atoms with Crippen LogP contribution in [-0.4, -0.2) is 58.3 Å². The van der Waals surface area contributed by atoms with Crippen LogP contribution in [0.2, 0.25) is 0 Å². The van der Waals surface area contributed by atoms with Gasteiger partial charge in [0.05, 0.1) is 16.6 Å². The summed E-state index contributed by atoms with van der Waals surface area (Å²) in [4.78, 5) is 13.0. The van der Waals surface area contributed by atoms with Crippen molar-refractivity contribution < 1.29 is 13.2 Å². The SMILES string of the molecule is CC(C)(C)NCc1ccc2c(c1)CCC[C@H]2n1cc(C[C@@H]2C(=O)NCCN2S(=O)(=O)c2ccccc2)nn1. The number of hydrogen-bond donors (Lipinski definition) is 2. The highest BCUT2D eigenvalue weighted by Gasteiger charge is 2.39. The molecule has 0 spiro atoms. The summed E-state index contributed by atoms with van der Waals surface area (Å²) < 4.78 is 29.9. The van der Waals surface area contributed by atoms with E-state index in [2.05, 4.69) is 59.9 Å². The number of fused-ring (bicyclic) bond motifs is 1. The van der Waals surface area contributed by atoms with Gasteiger partial charge in [0.15, 0.2) is 0 Å². The zero-order valence-electron chi connectivity index (χ0n) is 22.2. The van der Waals surface area contributed by atoms with Crippen molar-refractivity contribution in [2.45, 2.75) is 75.5 Å². The van der Waals surface area contributed by atoms with Gasteiger partial charge in [0, 0.05) is 37.8 Å². The number of carbonyl (C=O) groups is 1. The Morgan fingerprint density at radius 3 is 2.68 bits per heavy atom. The lowest BCUT2D eigenvalue weighted by Crippen LogP contribution is -2.57. The van der Waals surface area contributed by atoms with Gasteiger partial charge in [-0.2, -0.15) is 4.31 Å². The molecule has 1 fully saturated rings. The molecule has 2 aromatic carbocycles. The molecule has 0 bridgehead atoms. The van der Waals surface area contributed by atoms with E-state index in [-0.39, 0.29) is 41.9 Å². The van der Waals surface area contributed by atoms with Gasteiger partial charge in [0.2, 0.25) is 15.9 Å². The van der Waals surface area contributed by atoms with E-state index in [1.165, 1.54) is 21.0 Å². The lowest BCUT2D eigenvalue weighted by molar-refractivity contribution is -0.126. The Morgan fingerprint density at radius 2 is 1.92 bits per heavy atom. The minimum absolute atomic E-state index is 0.0564. The van der Waals surface area contributed by atoms with Crippen molar-refractivity contribution in [2.75, 3.05) is 13.1 Å². The fraction of sp³-hybridized carbons (Fsp3) is 0.464. The third-order valence-electron chi connectivity index (χ3n) is 7.22. The summed E-state index contributed by atoms with van der Waals surface area (Å²) >= 11 is 0. The molecular formula is C28H36N6O3S. The lowest BCUT2D eigenvalue weighted by atomic mass is 9.86. The maximum absolute atomic E-state index is 13.4. The van der Waals surface area contributed by atoms with Crippen LogP contribution < -0.4 is 10.6 Å². The third-order valence-corrected chi connectivity index (χ3v) is 9.15. The number of hydrogen-bond acceptors (Lipinski definition) is 6. The van der Waals surface area contributed by atoms with Gasteiger partial charge < -0.3 is 10.6 Å². The van der Waals surface area contributed by atoms with Crippen LogP contribution >= 0.6 is 0 Å². The number of nitrogens with one attached hydrogen (secondary N) is 2. The molecule has 1 amide bonds. The van der Waals surface area contributed by atoms with Crippen molar-refractivity contribution >= 4 is 15.9 Å². The van der Waals surface area contributed by atoms with Gasteiger partial charge in [0.1, 0.15) is 6.04 Å². The van der Waals surface area contributed by atoms with Gasteiger partial charge in [-0.1, -0.05) is 41.6 Å². The van der Waals surface area contributed by atoms with Crippen LogP contribution in [0.25, 0.3) is 0 Å². The lowest BCUT2D eigenvalue weighted by Gasteiger charge is -2.33. The van der Waals surface area contributed by atoms with Crippen molar-refractivity contribution in [1.29, 1.82) is 0 Å². The second kappa shape index (κ2) is 10.6. The predicted molar refractivity (Wildman–Crippen MR) is 145 cm³/mol. The predicted octanol–water partition coefficient (Wildman–Crippen LogP) is 2.82. The fourth-order valence-corrected chi connectivity index (χ4v) is 6.86. The molecule has 2 N–H and O–H groups in total. The molecule has 2 aliphatic rings. The molecular weight excluding hydrogens is 500 g/mol. The van der Waals surface area contributed by atoms with E-state index >= 15 is 0 Å². The number of amides is 1. The standard InChI is InChI=1S/C28H36N6O3S/c1-28(2,3)30-18-20-12-13-24-21(16-20)8-7-11-25(24)33-19-22(31-32-33)17-26-27(35)29-14-15-34(26)38(36,37)23-9-5-4-6-10-23/h4-6,9-10,12-13,16,19,25-26,30H,7-8,11,14-15,17-18H2,1-3H3,(H,29,35)/t25-,26-/m1/s1. The van der Waals surface area contributed by atoms with Gasteiger partial charge in [-0.25, -0.2) is 13.1 Å². The maximum atomic E-state index is 13.4. The number of aromatic nitrogens is 3. The van der Waals surface area contributed by atoms with Crippen molar-refractivity contribution in [2.24, 2.45) is 0 Å². The van der Waals surface area contributed by atoms with E-state index in [0.717, 1.165) is 25.8 Å². The summed E-state index contributed by atoms with van der Waals surface area (Å²) in [5.41, 5.74) is 4.50. The number of rotatable bonds is 7. The van der Waals surface area contributed by atoms with Crippen LogP contribution in [0.3, 0.4) is 0 Å². The molecule has 9 nitrogen and oxygen atoms in total. The molecule has 1 aromatic heterocycles. The largest absolute Gasteiger partial charge is 0.353 e. The molecule has 38 heavy (non-hydrogen) atoms. The van der Waals surface area contributed by atoms with Crippen molar-refractivity contribution in [3.8, 4) is 0 Å². The molecule has 202 valence electrons. The fourth-order valence-electron chi connectivity index (χ4n) is 5.26. The molecule has 0 unspecified atom stereocenters. The second-order valence-corrected chi connectivity index (χ2v) is 13.1. The zero-order valence-corrected chi connectivity index (χ0v) is 23.0. The first-order valence-corrected chi connectivity index (χ1v) is 14.7. The molecule has 1 saturated heterocycles. The molecule has 2 heterocycles. The average molecular weight is 537 g/mol. The minimum Gasteiger partial charge on any atom is -0.353 e. The summed E-state index contributed by atoms with van der Waals surface area (Å²) in [6.07, 6.45) is 5.06. The molecule has 0 radical (unpaired) electrons. The highest BCUT2D eigenvalue weighted by Crippen LogP contribution is 2.33. The first-order valence-electron chi connectivity index (χ1n) is 13.2. The van der Waals surface area contributed by atoms with Crippen LogP contribution in [0, 0.1) is 0 Å². The average Bonchev–Trinajstić information content (AvgIpc) is 3.36. The van der Waals surface area contributed by atoms with Crippen molar-refractivity contribution in [3.63, 3.8) is 0 Å². The summed E-state index contributed by atoms with van der Waals surface area (Å²) in [5.74, 6) is -0.315.